The third-order valence-electron chi connectivity index (χ3n) is 8.12. The van der Waals surface area contributed by atoms with Crippen LogP contribution in [-0.4, -0.2) is 178 Å². The van der Waals surface area contributed by atoms with Crippen molar-refractivity contribution in [3.05, 3.63) is 0 Å². The maximum absolute atomic E-state index is 11.6. The SMILES string of the molecule is NCCCN[C@H]1[C@@H](OC2[C@@H](N)C[C@@H](NC(CO)CO)[C@H](O[C@H]3O[C@H](CO)[C@@H](O)[C@H](N)[C@H]3O)[C@H]2O)O[C@H](CN)[C@@H](O)[C@@H]1O. The summed E-state index contributed by atoms with van der Waals surface area (Å²) in [7, 11) is 0. The Balaban J connectivity index is 1.86. The van der Waals surface area contributed by atoms with E-state index in [1.807, 2.05) is 0 Å². The average molecular weight is 615 g/mol. The third kappa shape index (κ3) is 8.10. The van der Waals surface area contributed by atoms with E-state index in [1.165, 1.54) is 0 Å². The summed E-state index contributed by atoms with van der Waals surface area (Å²) >= 11 is 0. The molecule has 1 unspecified atom stereocenters. The first-order chi connectivity index (χ1) is 20.0. The molecule has 248 valence electrons. The van der Waals surface area contributed by atoms with Crippen molar-refractivity contribution in [1.82, 2.24) is 10.6 Å². The molecule has 0 amide bonds. The number of nitrogens with two attached hydrogens (primary N) is 4. The molecule has 18 N–H and O–H groups in total. The van der Waals surface area contributed by atoms with Crippen LogP contribution in [0.4, 0.5) is 0 Å². The molecule has 0 aromatic carbocycles. The number of ether oxygens (including phenoxy) is 4. The van der Waals surface area contributed by atoms with Crippen molar-refractivity contribution in [2.24, 2.45) is 22.9 Å². The zero-order valence-electron chi connectivity index (χ0n) is 23.4. The lowest BCUT2D eigenvalue weighted by Gasteiger charge is -2.50. The summed E-state index contributed by atoms with van der Waals surface area (Å²) in [4.78, 5) is 0. The molecular formula is C24H50N6O12. The van der Waals surface area contributed by atoms with E-state index in [-0.39, 0.29) is 13.0 Å². The first kappa shape index (κ1) is 35.8. The molecule has 0 aromatic heterocycles. The number of hydrogen-bond acceptors (Lipinski definition) is 18. The fraction of sp³-hybridized carbons (Fsp3) is 1.00. The zero-order valence-corrected chi connectivity index (χ0v) is 23.4. The van der Waals surface area contributed by atoms with Crippen LogP contribution in [0.1, 0.15) is 12.8 Å². The number of aliphatic hydroxyl groups excluding tert-OH is 8. The summed E-state index contributed by atoms with van der Waals surface area (Å²) in [6, 6.07) is -4.72. The van der Waals surface area contributed by atoms with E-state index in [4.69, 9.17) is 41.9 Å². The lowest BCUT2D eigenvalue weighted by Crippen LogP contribution is -2.70. The topological polar surface area (TPSA) is 327 Å². The fourth-order valence-electron chi connectivity index (χ4n) is 5.59. The number of rotatable bonds is 14. The Labute approximate surface area is 243 Å². The molecule has 0 aromatic rings. The summed E-state index contributed by atoms with van der Waals surface area (Å²) in [5.74, 6) is 0. The monoisotopic (exact) mass is 614 g/mol. The van der Waals surface area contributed by atoms with Gasteiger partial charge in [-0.05, 0) is 25.9 Å². The maximum atomic E-state index is 11.6. The van der Waals surface area contributed by atoms with Gasteiger partial charge in [0.1, 0.15) is 54.9 Å². The molecule has 2 aliphatic heterocycles. The first-order valence-corrected chi connectivity index (χ1v) is 14.3. The van der Waals surface area contributed by atoms with Gasteiger partial charge in [0.25, 0.3) is 0 Å². The second-order valence-corrected chi connectivity index (χ2v) is 11.1. The molecule has 15 atom stereocenters. The Kier molecular flexibility index (Phi) is 14.1. The lowest BCUT2D eigenvalue weighted by molar-refractivity contribution is -0.321. The van der Waals surface area contributed by atoms with Crippen LogP contribution in [0.2, 0.25) is 0 Å². The highest BCUT2D eigenvalue weighted by Gasteiger charge is 2.52. The molecule has 42 heavy (non-hydrogen) atoms. The molecule has 0 radical (unpaired) electrons. The Morgan fingerprint density at radius 2 is 1.43 bits per heavy atom. The molecule has 0 spiro atoms. The molecule has 2 saturated heterocycles. The molecular weight excluding hydrogens is 564 g/mol. The van der Waals surface area contributed by atoms with Crippen molar-refractivity contribution in [2.75, 3.05) is 39.5 Å². The van der Waals surface area contributed by atoms with Crippen molar-refractivity contribution < 1.29 is 59.8 Å². The van der Waals surface area contributed by atoms with Crippen LogP contribution < -0.4 is 33.6 Å². The maximum Gasteiger partial charge on any atom is 0.186 e. The van der Waals surface area contributed by atoms with Gasteiger partial charge in [-0.2, -0.15) is 0 Å². The van der Waals surface area contributed by atoms with Gasteiger partial charge < -0.3 is 93.4 Å². The highest BCUT2D eigenvalue weighted by atomic mass is 16.7. The Morgan fingerprint density at radius 3 is 2.02 bits per heavy atom. The van der Waals surface area contributed by atoms with Crippen molar-refractivity contribution >= 4 is 0 Å². The van der Waals surface area contributed by atoms with Gasteiger partial charge in [-0.15, -0.1) is 0 Å². The normalized spacial score (nSPS) is 44.9. The van der Waals surface area contributed by atoms with E-state index < -0.39 is 118 Å². The third-order valence-corrected chi connectivity index (χ3v) is 8.12. The van der Waals surface area contributed by atoms with E-state index in [2.05, 4.69) is 10.6 Å². The molecule has 2 heterocycles. The minimum absolute atomic E-state index is 0.0628. The molecule has 3 rings (SSSR count). The molecule has 0 bridgehead atoms. The highest BCUT2D eigenvalue weighted by Crippen LogP contribution is 2.32. The van der Waals surface area contributed by atoms with Crippen LogP contribution >= 0.6 is 0 Å². The van der Waals surface area contributed by atoms with Gasteiger partial charge in [-0.25, -0.2) is 0 Å². The number of aliphatic hydroxyl groups is 8. The van der Waals surface area contributed by atoms with E-state index in [0.717, 1.165) is 0 Å². The molecule has 1 aliphatic carbocycles. The lowest BCUT2D eigenvalue weighted by atomic mass is 9.83. The van der Waals surface area contributed by atoms with Crippen molar-refractivity contribution in [1.29, 1.82) is 0 Å². The van der Waals surface area contributed by atoms with Crippen LogP contribution in [0.25, 0.3) is 0 Å². The van der Waals surface area contributed by atoms with Gasteiger partial charge >= 0.3 is 0 Å². The second-order valence-electron chi connectivity index (χ2n) is 11.1. The minimum atomic E-state index is -1.56. The Morgan fingerprint density at radius 1 is 0.786 bits per heavy atom. The zero-order chi connectivity index (χ0) is 31.1. The largest absolute Gasteiger partial charge is 0.395 e. The second kappa shape index (κ2) is 16.5. The average Bonchev–Trinajstić information content (AvgIpc) is 2.98. The van der Waals surface area contributed by atoms with Crippen molar-refractivity contribution in [3.8, 4) is 0 Å². The van der Waals surface area contributed by atoms with Crippen LogP contribution in [-0.2, 0) is 18.9 Å². The van der Waals surface area contributed by atoms with Gasteiger partial charge in [-0.1, -0.05) is 0 Å². The van der Waals surface area contributed by atoms with Crippen molar-refractivity contribution in [3.63, 3.8) is 0 Å². The molecule has 1 saturated carbocycles. The Hall–Kier alpha value is -0.720. The smallest absolute Gasteiger partial charge is 0.186 e. The first-order valence-electron chi connectivity index (χ1n) is 14.3. The standard InChI is InChI=1S/C24H50N6O12/c25-2-1-3-29-15-19(37)17(35)12(5-26)39-23(15)41-21-10(27)4-11(30-9(6-31)7-32)22(20(21)38)42-24-18(36)14(28)16(34)13(8-33)40-24/h9-24,29-38H,1-8,25-28H2/t10-,11+,12+,13+,14-,15+,16+,17+,18+,19+,20-,21?,22-,23+,24+/m0/s1. The molecule has 18 heteroatoms. The van der Waals surface area contributed by atoms with Crippen LogP contribution in [0.5, 0.6) is 0 Å². The summed E-state index contributed by atoms with van der Waals surface area (Å²) < 4.78 is 23.6. The van der Waals surface area contributed by atoms with E-state index >= 15 is 0 Å². The molecule has 3 aliphatic rings. The predicted octanol–water partition coefficient (Wildman–Crippen LogP) is -8.36. The fourth-order valence-corrected chi connectivity index (χ4v) is 5.59. The number of hydrogen-bond donors (Lipinski definition) is 14. The summed E-state index contributed by atoms with van der Waals surface area (Å²) in [6.45, 7) is -0.946. The summed E-state index contributed by atoms with van der Waals surface area (Å²) in [6.07, 6.45) is -13.9. The van der Waals surface area contributed by atoms with Gasteiger partial charge in [0.2, 0.25) is 0 Å². The summed E-state index contributed by atoms with van der Waals surface area (Å²) in [5.41, 5.74) is 23.7. The molecule has 3 fully saturated rings. The highest BCUT2D eigenvalue weighted by molar-refractivity contribution is 5.03. The van der Waals surface area contributed by atoms with E-state index in [0.29, 0.717) is 19.5 Å². The quantitative estimate of drug-likeness (QED) is 0.0807. The Bertz CT molecular complexity index is 790. The van der Waals surface area contributed by atoms with Crippen LogP contribution in [0.3, 0.4) is 0 Å². The van der Waals surface area contributed by atoms with Crippen molar-refractivity contribution in [2.45, 2.75) is 111 Å². The van der Waals surface area contributed by atoms with Gasteiger partial charge in [0.05, 0.1) is 37.9 Å². The van der Waals surface area contributed by atoms with Crippen LogP contribution in [0, 0.1) is 0 Å². The van der Waals surface area contributed by atoms with Gasteiger partial charge in [0.15, 0.2) is 12.6 Å². The minimum Gasteiger partial charge on any atom is -0.395 e. The van der Waals surface area contributed by atoms with Gasteiger partial charge in [0, 0.05) is 18.6 Å². The molecule has 18 nitrogen and oxygen atoms in total. The predicted molar refractivity (Wildman–Crippen MR) is 144 cm³/mol. The van der Waals surface area contributed by atoms with E-state index in [9.17, 15) is 40.9 Å². The number of nitrogens with one attached hydrogen (secondary N) is 2. The van der Waals surface area contributed by atoms with Crippen LogP contribution in [0.15, 0.2) is 0 Å². The van der Waals surface area contributed by atoms with E-state index in [1.54, 1.807) is 0 Å². The van der Waals surface area contributed by atoms with Gasteiger partial charge in [-0.3, -0.25) is 0 Å². The summed E-state index contributed by atoms with van der Waals surface area (Å²) in [5, 5.41) is 88.7.